The van der Waals surface area contributed by atoms with E-state index in [1.807, 2.05) is 61.5 Å². The number of furan rings is 1. The largest absolute Gasteiger partial charge is 0.451 e. The monoisotopic (exact) mass is 345 g/mol. The fraction of sp³-hybridized carbons (Fsp3) is 0.143. The lowest BCUT2D eigenvalue weighted by atomic mass is 10.1. The second kappa shape index (κ2) is 6.88. The van der Waals surface area contributed by atoms with Crippen LogP contribution in [0.5, 0.6) is 0 Å². The summed E-state index contributed by atoms with van der Waals surface area (Å²) in [6.45, 7) is 2.39. The molecule has 26 heavy (non-hydrogen) atoms. The fourth-order valence-electron chi connectivity index (χ4n) is 3.07. The first-order valence-electron chi connectivity index (χ1n) is 8.55. The minimum absolute atomic E-state index is 0.123. The van der Waals surface area contributed by atoms with E-state index in [4.69, 9.17) is 4.42 Å². The Hall–Kier alpha value is -3.34. The number of hydrogen-bond acceptors (Lipinski definition) is 3. The number of imidazole rings is 1. The number of rotatable bonds is 5. The number of amides is 1. The Labute approximate surface area is 151 Å². The van der Waals surface area contributed by atoms with Crippen LogP contribution in [0.25, 0.3) is 11.0 Å². The molecule has 2 aromatic carbocycles. The summed E-state index contributed by atoms with van der Waals surface area (Å²) in [5.74, 6) is 0.909. The van der Waals surface area contributed by atoms with Gasteiger partial charge in [-0.05, 0) is 24.6 Å². The lowest BCUT2D eigenvalue weighted by Crippen LogP contribution is -2.33. The third kappa shape index (κ3) is 3.11. The maximum absolute atomic E-state index is 13.2. The summed E-state index contributed by atoms with van der Waals surface area (Å²) in [6, 6.07) is 19.3. The molecule has 5 heteroatoms. The van der Waals surface area contributed by atoms with Crippen LogP contribution >= 0.6 is 0 Å². The van der Waals surface area contributed by atoms with Gasteiger partial charge in [0.15, 0.2) is 5.76 Å². The number of fused-ring (bicyclic) bond motifs is 1. The predicted octanol–water partition coefficient (Wildman–Crippen LogP) is 4.56. The topological polar surface area (TPSA) is 62.1 Å². The van der Waals surface area contributed by atoms with E-state index >= 15 is 0 Å². The Balaban J connectivity index is 1.70. The third-order valence-corrected chi connectivity index (χ3v) is 4.52. The van der Waals surface area contributed by atoms with Crippen LogP contribution in [-0.2, 0) is 6.54 Å². The van der Waals surface area contributed by atoms with E-state index in [2.05, 4.69) is 9.97 Å². The molecule has 0 aliphatic heterocycles. The molecule has 1 atom stereocenters. The van der Waals surface area contributed by atoms with E-state index in [9.17, 15) is 4.79 Å². The molecular formula is C21H19N3O2. The van der Waals surface area contributed by atoms with Crippen LogP contribution in [0.15, 0.2) is 77.5 Å². The Kier molecular flexibility index (Phi) is 4.27. The van der Waals surface area contributed by atoms with Crippen molar-refractivity contribution in [1.82, 2.24) is 14.9 Å². The number of carbonyl (C=O) groups is 1. The zero-order chi connectivity index (χ0) is 17.9. The first-order chi connectivity index (χ1) is 12.7. The van der Waals surface area contributed by atoms with Gasteiger partial charge in [-0.3, -0.25) is 4.79 Å². The third-order valence-electron chi connectivity index (χ3n) is 4.52. The molecule has 0 unspecified atom stereocenters. The Morgan fingerprint density at radius 2 is 1.92 bits per heavy atom. The average Bonchev–Trinajstić information content (AvgIpc) is 3.35. The van der Waals surface area contributed by atoms with Crippen molar-refractivity contribution in [2.75, 3.05) is 0 Å². The summed E-state index contributed by atoms with van der Waals surface area (Å²) >= 11 is 0. The molecule has 0 fully saturated rings. The van der Waals surface area contributed by atoms with Gasteiger partial charge in [0, 0.05) is 17.8 Å². The molecule has 0 saturated carbocycles. The highest BCUT2D eigenvalue weighted by Crippen LogP contribution is 2.26. The maximum Gasteiger partial charge on any atom is 0.290 e. The van der Waals surface area contributed by atoms with Crippen LogP contribution in [-0.4, -0.2) is 20.8 Å². The zero-order valence-electron chi connectivity index (χ0n) is 14.4. The van der Waals surface area contributed by atoms with Gasteiger partial charge < -0.3 is 14.3 Å². The summed E-state index contributed by atoms with van der Waals surface area (Å²) in [4.78, 5) is 22.4. The van der Waals surface area contributed by atoms with Gasteiger partial charge in [0.25, 0.3) is 5.91 Å². The van der Waals surface area contributed by atoms with Crippen molar-refractivity contribution in [2.24, 2.45) is 0 Å². The second-order valence-corrected chi connectivity index (χ2v) is 6.20. The molecule has 5 nitrogen and oxygen atoms in total. The maximum atomic E-state index is 13.2. The Bertz CT molecular complexity index is 973. The number of H-pyrrole nitrogens is 1. The molecule has 0 aliphatic rings. The van der Waals surface area contributed by atoms with Crippen LogP contribution in [0, 0.1) is 0 Å². The molecule has 1 amide bonds. The van der Waals surface area contributed by atoms with E-state index in [0.717, 1.165) is 16.8 Å². The molecular weight excluding hydrogens is 326 g/mol. The molecule has 4 aromatic rings. The highest BCUT2D eigenvalue weighted by molar-refractivity contribution is 5.96. The first kappa shape index (κ1) is 16.1. The van der Waals surface area contributed by atoms with E-state index in [-0.39, 0.29) is 11.9 Å². The number of para-hydroxylation sites is 1. The van der Waals surface area contributed by atoms with Gasteiger partial charge in [0.05, 0.1) is 12.6 Å². The molecule has 0 saturated heterocycles. The van der Waals surface area contributed by atoms with Gasteiger partial charge in [0.2, 0.25) is 0 Å². The number of benzene rings is 2. The Morgan fingerprint density at radius 3 is 2.65 bits per heavy atom. The van der Waals surface area contributed by atoms with Gasteiger partial charge in [-0.2, -0.15) is 0 Å². The van der Waals surface area contributed by atoms with Crippen LogP contribution in [0.1, 0.15) is 34.9 Å². The quantitative estimate of drug-likeness (QED) is 0.577. The lowest BCUT2D eigenvalue weighted by Gasteiger charge is -2.28. The molecule has 2 aromatic heterocycles. The molecule has 0 aliphatic carbocycles. The standard InChI is InChI=1S/C21H19N3O2/c1-15(16-7-3-2-4-8-16)24(14-20-22-11-12-23-20)21(25)19-13-17-9-5-6-10-18(17)26-19/h2-13,15H,14H2,1H3,(H,22,23)/t15-/m0/s1. The molecule has 1 N–H and O–H groups in total. The fourth-order valence-corrected chi connectivity index (χ4v) is 3.07. The predicted molar refractivity (Wildman–Crippen MR) is 99.5 cm³/mol. The number of hydrogen-bond donors (Lipinski definition) is 1. The number of aromatic amines is 1. The smallest absolute Gasteiger partial charge is 0.290 e. The van der Waals surface area contributed by atoms with Crippen molar-refractivity contribution in [2.45, 2.75) is 19.5 Å². The summed E-state index contributed by atoms with van der Waals surface area (Å²) in [5.41, 5.74) is 1.77. The van der Waals surface area contributed by atoms with Crippen molar-refractivity contribution in [3.8, 4) is 0 Å². The van der Waals surface area contributed by atoms with Crippen molar-refractivity contribution in [3.63, 3.8) is 0 Å². The van der Waals surface area contributed by atoms with Gasteiger partial charge in [-0.15, -0.1) is 0 Å². The highest BCUT2D eigenvalue weighted by Gasteiger charge is 2.26. The van der Waals surface area contributed by atoms with Gasteiger partial charge in [-0.25, -0.2) is 4.98 Å². The number of nitrogens with zero attached hydrogens (tertiary/aromatic N) is 2. The zero-order valence-corrected chi connectivity index (χ0v) is 14.4. The van der Waals surface area contributed by atoms with E-state index in [1.54, 1.807) is 23.4 Å². The normalized spacial score (nSPS) is 12.2. The first-order valence-corrected chi connectivity index (χ1v) is 8.55. The summed E-state index contributed by atoms with van der Waals surface area (Å²) in [5, 5.41) is 0.918. The van der Waals surface area contributed by atoms with Gasteiger partial charge in [-0.1, -0.05) is 48.5 Å². The molecule has 0 radical (unpaired) electrons. The second-order valence-electron chi connectivity index (χ2n) is 6.20. The van der Waals surface area contributed by atoms with Crippen molar-refractivity contribution >= 4 is 16.9 Å². The number of aromatic nitrogens is 2. The summed E-state index contributed by atoms with van der Waals surface area (Å²) in [6.07, 6.45) is 3.44. The summed E-state index contributed by atoms with van der Waals surface area (Å²) < 4.78 is 5.79. The van der Waals surface area contributed by atoms with Crippen molar-refractivity contribution < 1.29 is 9.21 Å². The number of nitrogens with one attached hydrogen (secondary N) is 1. The molecule has 4 rings (SSSR count). The van der Waals surface area contributed by atoms with E-state index < -0.39 is 0 Å². The lowest BCUT2D eigenvalue weighted by molar-refractivity contribution is 0.0638. The van der Waals surface area contributed by atoms with Crippen LogP contribution in [0.3, 0.4) is 0 Å². The van der Waals surface area contributed by atoms with Gasteiger partial charge >= 0.3 is 0 Å². The molecule has 0 bridgehead atoms. The number of carbonyl (C=O) groups excluding carboxylic acids is 1. The SMILES string of the molecule is C[C@@H](c1ccccc1)N(Cc1ncc[nH]1)C(=O)c1cc2ccccc2o1. The minimum Gasteiger partial charge on any atom is -0.451 e. The Morgan fingerprint density at radius 1 is 1.15 bits per heavy atom. The van der Waals surface area contributed by atoms with E-state index in [0.29, 0.717) is 17.9 Å². The van der Waals surface area contributed by atoms with Crippen LogP contribution in [0.4, 0.5) is 0 Å². The minimum atomic E-state index is -0.158. The highest BCUT2D eigenvalue weighted by atomic mass is 16.3. The average molecular weight is 345 g/mol. The van der Waals surface area contributed by atoms with Gasteiger partial charge in [0.1, 0.15) is 11.4 Å². The van der Waals surface area contributed by atoms with Crippen molar-refractivity contribution in [3.05, 3.63) is 90.2 Å². The van der Waals surface area contributed by atoms with Crippen molar-refractivity contribution in [1.29, 1.82) is 0 Å². The molecule has 2 heterocycles. The molecule has 0 spiro atoms. The van der Waals surface area contributed by atoms with Crippen LogP contribution in [0.2, 0.25) is 0 Å². The molecule has 130 valence electrons. The summed E-state index contributed by atoms with van der Waals surface area (Å²) in [7, 11) is 0. The van der Waals surface area contributed by atoms with Crippen LogP contribution < -0.4 is 0 Å². The van der Waals surface area contributed by atoms with E-state index in [1.165, 1.54) is 0 Å².